The number of carbonyl (C=O) groups is 1. The summed E-state index contributed by atoms with van der Waals surface area (Å²) in [5.74, 6) is 0.459. The molecule has 0 aliphatic carbocycles. The number of nitrogens with one attached hydrogen (secondary N) is 2. The monoisotopic (exact) mass is 441 g/mol. The molecule has 1 aromatic carbocycles. The lowest BCUT2D eigenvalue weighted by Crippen LogP contribution is -2.28. The molecule has 4 rings (SSSR count). The average molecular weight is 442 g/mol. The predicted octanol–water partition coefficient (Wildman–Crippen LogP) is 4.12. The van der Waals surface area contributed by atoms with Crippen LogP contribution in [0.1, 0.15) is 40.4 Å². The average Bonchev–Trinajstić information content (AvgIpc) is 3.09. The van der Waals surface area contributed by atoms with Crippen LogP contribution in [-0.4, -0.2) is 23.4 Å². The zero-order valence-electron chi connectivity index (χ0n) is 15.2. The Bertz CT molecular complexity index is 1030. The fraction of sp³-hybridized carbons (Fsp3) is 0.316. The summed E-state index contributed by atoms with van der Waals surface area (Å²) in [6.45, 7) is 3.60. The number of rotatable bonds is 3. The van der Waals surface area contributed by atoms with Gasteiger partial charge in [-0.3, -0.25) is 4.79 Å². The molecule has 1 aliphatic heterocycles. The molecule has 28 heavy (non-hydrogen) atoms. The fourth-order valence-electron chi connectivity index (χ4n) is 3.36. The van der Waals surface area contributed by atoms with E-state index in [1.807, 2.05) is 18.2 Å². The number of piperidine rings is 1. The Morgan fingerprint density at radius 1 is 1.25 bits per heavy atom. The maximum absolute atomic E-state index is 12.6. The minimum atomic E-state index is -0.575. The largest absolute Gasteiger partial charge is 0.427 e. The van der Waals surface area contributed by atoms with Crippen molar-refractivity contribution in [2.45, 2.75) is 25.7 Å². The number of anilines is 1. The van der Waals surface area contributed by atoms with Crippen LogP contribution in [-0.2, 0) is 0 Å². The lowest BCUT2D eigenvalue weighted by Gasteiger charge is -2.21. The molecule has 3 aromatic rings. The summed E-state index contributed by atoms with van der Waals surface area (Å²) in [6, 6.07) is 7.38. The van der Waals surface area contributed by atoms with Crippen LogP contribution in [0, 0.1) is 6.92 Å². The molecule has 1 saturated heterocycles. The van der Waals surface area contributed by atoms with Crippen molar-refractivity contribution >= 4 is 58.0 Å². The van der Waals surface area contributed by atoms with Gasteiger partial charge in [0.25, 0.3) is 5.91 Å². The Labute approximate surface area is 178 Å². The molecule has 150 valence electrons. The standard InChI is InChI=1S/C19H19N3O3S.2ClH/c1-11-8-15(12-4-6-20-7-5-12)25-19(24)17(11)18(23)22-14-2-3-16-13(9-14)10-21-26-16;;/h2-3,8-10,12,20H,4-7H2,1H3,(H,22,23);2*1H. The number of hydrogen-bond acceptors (Lipinski definition) is 6. The highest BCUT2D eigenvalue weighted by atomic mass is 35.5. The van der Waals surface area contributed by atoms with Gasteiger partial charge < -0.3 is 15.1 Å². The summed E-state index contributed by atoms with van der Waals surface area (Å²) >= 11 is 1.40. The molecule has 3 heterocycles. The lowest BCUT2D eigenvalue weighted by molar-refractivity contribution is 0.102. The first kappa shape index (κ1) is 22.4. The first-order valence-corrected chi connectivity index (χ1v) is 9.40. The number of fused-ring (bicyclic) bond motifs is 1. The molecule has 2 aromatic heterocycles. The van der Waals surface area contributed by atoms with Gasteiger partial charge in [-0.2, -0.15) is 4.37 Å². The van der Waals surface area contributed by atoms with Gasteiger partial charge in [0.15, 0.2) is 0 Å². The van der Waals surface area contributed by atoms with Crippen LogP contribution in [0.25, 0.3) is 10.1 Å². The first-order valence-electron chi connectivity index (χ1n) is 8.63. The Kier molecular flexibility index (Phi) is 7.60. The van der Waals surface area contributed by atoms with Crippen molar-refractivity contribution in [1.82, 2.24) is 9.69 Å². The van der Waals surface area contributed by atoms with Gasteiger partial charge >= 0.3 is 5.63 Å². The van der Waals surface area contributed by atoms with Crippen molar-refractivity contribution < 1.29 is 9.21 Å². The molecule has 2 N–H and O–H groups in total. The second kappa shape index (κ2) is 9.52. The Hall–Kier alpha value is -1.93. The normalized spacial score (nSPS) is 14.2. The number of carbonyl (C=O) groups excluding carboxylic acids is 1. The molecule has 0 spiro atoms. The predicted molar refractivity (Wildman–Crippen MR) is 117 cm³/mol. The lowest BCUT2D eigenvalue weighted by atomic mass is 9.94. The molecule has 0 atom stereocenters. The highest BCUT2D eigenvalue weighted by Gasteiger charge is 2.22. The van der Waals surface area contributed by atoms with Crippen molar-refractivity contribution in [2.75, 3.05) is 18.4 Å². The summed E-state index contributed by atoms with van der Waals surface area (Å²) in [6.07, 6.45) is 3.62. The second-order valence-electron chi connectivity index (χ2n) is 6.55. The third kappa shape index (κ3) is 4.55. The van der Waals surface area contributed by atoms with Crippen LogP contribution in [0.5, 0.6) is 0 Å². The zero-order chi connectivity index (χ0) is 18.1. The number of amides is 1. The van der Waals surface area contributed by atoms with E-state index in [4.69, 9.17) is 4.42 Å². The summed E-state index contributed by atoms with van der Waals surface area (Å²) in [7, 11) is 0. The van der Waals surface area contributed by atoms with E-state index in [0.717, 1.165) is 36.0 Å². The third-order valence-corrected chi connectivity index (χ3v) is 5.53. The van der Waals surface area contributed by atoms with Crippen molar-refractivity contribution in [1.29, 1.82) is 0 Å². The van der Waals surface area contributed by atoms with Crippen molar-refractivity contribution in [3.05, 3.63) is 57.8 Å². The van der Waals surface area contributed by atoms with Gasteiger partial charge in [0.05, 0.1) is 4.70 Å². The Morgan fingerprint density at radius 2 is 2.00 bits per heavy atom. The van der Waals surface area contributed by atoms with Gasteiger partial charge in [0.1, 0.15) is 11.3 Å². The van der Waals surface area contributed by atoms with E-state index < -0.39 is 11.5 Å². The molecule has 1 aliphatic rings. The quantitative estimate of drug-likeness (QED) is 0.638. The first-order chi connectivity index (χ1) is 12.6. The van der Waals surface area contributed by atoms with E-state index in [-0.39, 0.29) is 36.3 Å². The van der Waals surface area contributed by atoms with Gasteiger partial charge in [-0.15, -0.1) is 24.8 Å². The molecule has 0 unspecified atom stereocenters. The van der Waals surface area contributed by atoms with Crippen LogP contribution in [0.15, 0.2) is 39.7 Å². The molecule has 0 saturated carbocycles. The number of benzene rings is 1. The summed E-state index contributed by atoms with van der Waals surface area (Å²) in [4.78, 5) is 25.1. The summed E-state index contributed by atoms with van der Waals surface area (Å²) in [5.41, 5.74) is 0.759. The van der Waals surface area contributed by atoms with Crippen LogP contribution >= 0.6 is 36.3 Å². The second-order valence-corrected chi connectivity index (χ2v) is 7.38. The van der Waals surface area contributed by atoms with Crippen molar-refractivity contribution in [3.63, 3.8) is 0 Å². The highest BCUT2D eigenvalue weighted by Crippen LogP contribution is 2.26. The minimum absolute atomic E-state index is 0. The molecule has 0 bridgehead atoms. The number of nitrogens with zero attached hydrogens (tertiary/aromatic N) is 1. The molecular formula is C19H21Cl2N3O3S. The van der Waals surface area contributed by atoms with Gasteiger partial charge in [-0.25, -0.2) is 4.79 Å². The Morgan fingerprint density at radius 3 is 2.71 bits per heavy atom. The molecule has 6 nitrogen and oxygen atoms in total. The number of halogens is 2. The van der Waals surface area contributed by atoms with E-state index in [9.17, 15) is 9.59 Å². The van der Waals surface area contributed by atoms with E-state index >= 15 is 0 Å². The van der Waals surface area contributed by atoms with Gasteiger partial charge in [0.2, 0.25) is 0 Å². The van der Waals surface area contributed by atoms with Crippen LogP contribution in [0.2, 0.25) is 0 Å². The minimum Gasteiger partial charge on any atom is -0.427 e. The van der Waals surface area contributed by atoms with Gasteiger partial charge in [-0.05, 0) is 74.2 Å². The Balaban J connectivity index is 0.00000140. The number of aromatic nitrogens is 1. The molecule has 0 radical (unpaired) electrons. The summed E-state index contributed by atoms with van der Waals surface area (Å²) < 4.78 is 10.7. The molecular weight excluding hydrogens is 421 g/mol. The van der Waals surface area contributed by atoms with E-state index in [0.29, 0.717) is 17.0 Å². The maximum Gasteiger partial charge on any atom is 0.349 e. The maximum atomic E-state index is 12.6. The van der Waals surface area contributed by atoms with Crippen molar-refractivity contribution in [2.24, 2.45) is 0 Å². The molecule has 1 fully saturated rings. The molecule has 9 heteroatoms. The van der Waals surface area contributed by atoms with E-state index in [1.54, 1.807) is 19.2 Å². The van der Waals surface area contributed by atoms with Crippen molar-refractivity contribution in [3.8, 4) is 0 Å². The topological polar surface area (TPSA) is 84.2 Å². The van der Waals surface area contributed by atoms with Crippen LogP contribution < -0.4 is 16.3 Å². The van der Waals surface area contributed by atoms with Gasteiger partial charge in [0, 0.05) is 23.2 Å². The number of aryl methyl sites for hydroxylation is 1. The SMILES string of the molecule is Cc1cc(C2CCNCC2)oc(=O)c1C(=O)Nc1ccc2sncc2c1.Cl.Cl. The van der Waals surface area contributed by atoms with Crippen LogP contribution in [0.3, 0.4) is 0 Å². The number of hydrogen-bond donors (Lipinski definition) is 2. The van der Waals surface area contributed by atoms with E-state index in [2.05, 4.69) is 15.0 Å². The summed E-state index contributed by atoms with van der Waals surface area (Å²) in [5, 5.41) is 7.04. The highest BCUT2D eigenvalue weighted by molar-refractivity contribution is 7.13. The smallest absolute Gasteiger partial charge is 0.349 e. The molecule has 1 amide bonds. The zero-order valence-corrected chi connectivity index (χ0v) is 17.6. The third-order valence-electron chi connectivity index (χ3n) is 4.75. The van der Waals surface area contributed by atoms with E-state index in [1.165, 1.54) is 11.5 Å². The van der Waals surface area contributed by atoms with Crippen LogP contribution in [0.4, 0.5) is 5.69 Å². The van der Waals surface area contributed by atoms with Gasteiger partial charge in [-0.1, -0.05) is 0 Å². The fourth-order valence-corrected chi connectivity index (χ4v) is 3.98.